The van der Waals surface area contributed by atoms with Crippen molar-refractivity contribution in [2.24, 2.45) is 0 Å². The molecule has 0 radical (unpaired) electrons. The van der Waals surface area contributed by atoms with Crippen molar-refractivity contribution in [1.29, 1.82) is 0 Å². The number of hydrogen-bond donors (Lipinski definition) is 1. The summed E-state index contributed by atoms with van der Waals surface area (Å²) in [7, 11) is 1.89. The van der Waals surface area contributed by atoms with Gasteiger partial charge in [0.15, 0.2) is 0 Å². The molecule has 0 bridgehead atoms. The van der Waals surface area contributed by atoms with E-state index in [-0.39, 0.29) is 24.4 Å². The van der Waals surface area contributed by atoms with Crippen molar-refractivity contribution < 1.29 is 4.79 Å². The molecular weight excluding hydrogens is 334 g/mol. The smallest absolute Gasteiger partial charge is 0.242 e. The SMILES string of the molecule is CC(c1ccccc1)N(C)C(=O)CN1CCNCc2ccccc21.Cl. The number of amides is 1. The Morgan fingerprint density at radius 2 is 1.84 bits per heavy atom. The Balaban J connectivity index is 0.00000225. The summed E-state index contributed by atoms with van der Waals surface area (Å²) in [4.78, 5) is 16.8. The maximum atomic E-state index is 12.8. The minimum atomic E-state index is 0. The fourth-order valence-electron chi connectivity index (χ4n) is 3.14. The van der Waals surface area contributed by atoms with Gasteiger partial charge in [0.2, 0.25) is 5.91 Å². The van der Waals surface area contributed by atoms with Crippen molar-refractivity contribution in [1.82, 2.24) is 10.2 Å². The summed E-state index contributed by atoms with van der Waals surface area (Å²) < 4.78 is 0. The highest BCUT2D eigenvalue weighted by atomic mass is 35.5. The molecule has 1 aliphatic heterocycles. The number of nitrogens with one attached hydrogen (secondary N) is 1. The molecule has 3 rings (SSSR count). The molecule has 0 saturated heterocycles. The standard InChI is InChI=1S/C20H25N3O.ClH/c1-16(17-8-4-3-5-9-17)22(2)20(24)15-23-13-12-21-14-18-10-6-7-11-19(18)23;/h3-11,16,21H,12-15H2,1-2H3;1H. The van der Waals surface area contributed by atoms with Crippen LogP contribution in [0.5, 0.6) is 0 Å². The van der Waals surface area contributed by atoms with Crippen molar-refractivity contribution in [2.75, 3.05) is 31.6 Å². The monoisotopic (exact) mass is 359 g/mol. The van der Waals surface area contributed by atoms with Crippen molar-refractivity contribution in [3.05, 3.63) is 65.7 Å². The number of nitrogens with zero attached hydrogens (tertiary/aromatic N) is 2. The molecule has 0 fully saturated rings. The first-order chi connectivity index (χ1) is 11.7. The van der Waals surface area contributed by atoms with E-state index in [9.17, 15) is 4.79 Å². The summed E-state index contributed by atoms with van der Waals surface area (Å²) in [6.07, 6.45) is 0. The number of fused-ring (bicyclic) bond motifs is 1. The van der Waals surface area contributed by atoms with Crippen LogP contribution >= 0.6 is 12.4 Å². The normalized spacial score (nSPS) is 14.7. The molecule has 25 heavy (non-hydrogen) atoms. The fourth-order valence-corrected chi connectivity index (χ4v) is 3.14. The van der Waals surface area contributed by atoms with Crippen LogP contribution in [0.4, 0.5) is 5.69 Å². The number of halogens is 1. The first-order valence-corrected chi connectivity index (χ1v) is 8.51. The van der Waals surface area contributed by atoms with Crippen LogP contribution in [0.15, 0.2) is 54.6 Å². The third kappa shape index (κ3) is 4.53. The summed E-state index contributed by atoms with van der Waals surface area (Å²) >= 11 is 0. The fraction of sp³-hybridized carbons (Fsp3) is 0.350. The zero-order chi connectivity index (χ0) is 16.9. The van der Waals surface area contributed by atoms with E-state index in [0.717, 1.165) is 30.9 Å². The minimum Gasteiger partial charge on any atom is -0.361 e. The van der Waals surface area contributed by atoms with Gasteiger partial charge in [-0.2, -0.15) is 0 Å². The zero-order valence-electron chi connectivity index (χ0n) is 14.8. The van der Waals surface area contributed by atoms with Gasteiger partial charge in [-0.15, -0.1) is 12.4 Å². The van der Waals surface area contributed by atoms with Gasteiger partial charge in [-0.3, -0.25) is 4.79 Å². The number of carbonyl (C=O) groups is 1. The highest BCUT2D eigenvalue weighted by Crippen LogP contribution is 2.23. The van der Waals surface area contributed by atoms with Crippen LogP contribution in [0.25, 0.3) is 0 Å². The van der Waals surface area contributed by atoms with Gasteiger partial charge in [0, 0.05) is 32.4 Å². The number of para-hydroxylation sites is 1. The van der Waals surface area contributed by atoms with Gasteiger partial charge < -0.3 is 15.1 Å². The Morgan fingerprint density at radius 1 is 1.16 bits per heavy atom. The number of benzene rings is 2. The first-order valence-electron chi connectivity index (χ1n) is 8.51. The highest BCUT2D eigenvalue weighted by Gasteiger charge is 2.22. The Bertz CT molecular complexity index is 692. The van der Waals surface area contributed by atoms with E-state index >= 15 is 0 Å². The number of likely N-dealkylation sites (N-methyl/N-ethyl adjacent to an activating group) is 1. The molecular formula is C20H26ClN3O. The van der Waals surface area contributed by atoms with Crippen LogP contribution in [0.1, 0.15) is 24.1 Å². The summed E-state index contributed by atoms with van der Waals surface area (Å²) in [5, 5.41) is 3.42. The third-order valence-electron chi connectivity index (χ3n) is 4.79. The number of hydrogen-bond acceptors (Lipinski definition) is 3. The summed E-state index contributed by atoms with van der Waals surface area (Å²) in [5.74, 6) is 0.142. The molecule has 1 aliphatic rings. The van der Waals surface area contributed by atoms with Crippen LogP contribution in [0, 0.1) is 0 Å². The molecule has 1 unspecified atom stereocenters. The number of carbonyl (C=O) groups excluding carboxylic acids is 1. The molecule has 1 N–H and O–H groups in total. The average molecular weight is 360 g/mol. The van der Waals surface area contributed by atoms with Crippen LogP contribution in [0.3, 0.4) is 0 Å². The van der Waals surface area contributed by atoms with E-state index in [1.165, 1.54) is 5.56 Å². The maximum absolute atomic E-state index is 12.8. The van der Waals surface area contributed by atoms with Gasteiger partial charge in [-0.25, -0.2) is 0 Å². The molecule has 2 aromatic rings. The number of anilines is 1. The van der Waals surface area contributed by atoms with Crippen LogP contribution in [-0.4, -0.2) is 37.5 Å². The minimum absolute atomic E-state index is 0. The second-order valence-corrected chi connectivity index (χ2v) is 6.32. The zero-order valence-corrected chi connectivity index (χ0v) is 15.6. The lowest BCUT2D eigenvalue weighted by Gasteiger charge is -2.30. The van der Waals surface area contributed by atoms with Gasteiger partial charge in [-0.1, -0.05) is 48.5 Å². The summed E-state index contributed by atoms with van der Waals surface area (Å²) in [6.45, 7) is 5.07. The molecule has 0 aromatic heterocycles. The van der Waals surface area contributed by atoms with Gasteiger partial charge >= 0.3 is 0 Å². The lowest BCUT2D eigenvalue weighted by Crippen LogP contribution is -2.41. The molecule has 1 amide bonds. The van der Waals surface area contributed by atoms with Crippen molar-refractivity contribution >= 4 is 24.0 Å². The third-order valence-corrected chi connectivity index (χ3v) is 4.79. The Morgan fingerprint density at radius 3 is 2.60 bits per heavy atom. The molecule has 0 aliphatic carbocycles. The summed E-state index contributed by atoms with van der Waals surface area (Å²) in [6, 6.07) is 18.6. The molecule has 134 valence electrons. The maximum Gasteiger partial charge on any atom is 0.242 e. The van der Waals surface area contributed by atoms with E-state index < -0.39 is 0 Å². The lowest BCUT2D eigenvalue weighted by molar-refractivity contribution is -0.130. The average Bonchev–Trinajstić information content (AvgIpc) is 2.83. The predicted octanol–water partition coefficient (Wildman–Crippen LogP) is 3.24. The molecule has 0 saturated carbocycles. The molecule has 5 heteroatoms. The van der Waals surface area contributed by atoms with Crippen LogP contribution < -0.4 is 10.2 Å². The molecule has 2 aromatic carbocycles. The van der Waals surface area contributed by atoms with Crippen LogP contribution in [0.2, 0.25) is 0 Å². The predicted molar refractivity (Wildman–Crippen MR) is 105 cm³/mol. The molecule has 4 nitrogen and oxygen atoms in total. The lowest BCUT2D eigenvalue weighted by atomic mass is 10.1. The Labute approximate surface area is 156 Å². The van der Waals surface area contributed by atoms with Crippen molar-refractivity contribution in [2.45, 2.75) is 19.5 Å². The van der Waals surface area contributed by atoms with Gasteiger partial charge in [0.25, 0.3) is 0 Å². The van der Waals surface area contributed by atoms with Crippen molar-refractivity contribution in [3.63, 3.8) is 0 Å². The molecule has 1 atom stereocenters. The van der Waals surface area contributed by atoms with E-state index in [1.54, 1.807) is 0 Å². The highest BCUT2D eigenvalue weighted by molar-refractivity contribution is 5.85. The second kappa shape index (κ2) is 8.88. The van der Waals surface area contributed by atoms with Gasteiger partial charge in [-0.05, 0) is 24.1 Å². The second-order valence-electron chi connectivity index (χ2n) is 6.32. The Hall–Kier alpha value is -2.04. The van der Waals surface area contributed by atoms with Gasteiger partial charge in [0.1, 0.15) is 0 Å². The molecule has 1 heterocycles. The van der Waals surface area contributed by atoms with E-state index in [4.69, 9.17) is 0 Å². The van der Waals surface area contributed by atoms with E-state index in [1.807, 2.05) is 36.2 Å². The quantitative estimate of drug-likeness (QED) is 0.910. The largest absolute Gasteiger partial charge is 0.361 e. The van der Waals surface area contributed by atoms with E-state index in [2.05, 4.69) is 47.5 Å². The van der Waals surface area contributed by atoms with E-state index in [0.29, 0.717) is 6.54 Å². The summed E-state index contributed by atoms with van der Waals surface area (Å²) in [5.41, 5.74) is 3.57. The Kier molecular flexibility index (Phi) is 6.85. The van der Waals surface area contributed by atoms with Crippen molar-refractivity contribution in [3.8, 4) is 0 Å². The number of rotatable bonds is 4. The van der Waals surface area contributed by atoms with Gasteiger partial charge in [0.05, 0.1) is 12.6 Å². The molecule has 0 spiro atoms. The van der Waals surface area contributed by atoms with Crippen LogP contribution in [-0.2, 0) is 11.3 Å². The first kappa shape index (κ1) is 19.3. The topological polar surface area (TPSA) is 35.6 Å².